The molecule has 9 nitrogen and oxygen atoms in total. The largest absolute Gasteiger partial charge is 0.513 e. The van der Waals surface area contributed by atoms with E-state index in [0.29, 0.717) is 29.1 Å². The van der Waals surface area contributed by atoms with Gasteiger partial charge in [-0.15, -0.1) is 0 Å². The van der Waals surface area contributed by atoms with Gasteiger partial charge in [-0.3, -0.25) is 0 Å². The number of rotatable bonds is 11. The molecule has 3 unspecified atom stereocenters. The summed E-state index contributed by atoms with van der Waals surface area (Å²) < 4.78 is 26.0. The summed E-state index contributed by atoms with van der Waals surface area (Å²) in [6.07, 6.45) is 3.12. The van der Waals surface area contributed by atoms with Crippen molar-refractivity contribution < 1.29 is 42.9 Å². The lowest BCUT2D eigenvalue weighted by Gasteiger charge is -2.36. The fourth-order valence-corrected chi connectivity index (χ4v) is 5.25. The van der Waals surface area contributed by atoms with Gasteiger partial charge >= 0.3 is 24.1 Å². The Morgan fingerprint density at radius 1 is 0.756 bits per heavy atom. The van der Waals surface area contributed by atoms with Gasteiger partial charge in [-0.2, -0.15) is 0 Å². The summed E-state index contributed by atoms with van der Waals surface area (Å²) in [6, 6.07) is 20.1. The summed E-state index contributed by atoms with van der Waals surface area (Å²) in [5.41, 5.74) is 2.57. The summed E-state index contributed by atoms with van der Waals surface area (Å²) >= 11 is 0. The molecule has 0 amide bonds. The van der Waals surface area contributed by atoms with Crippen LogP contribution >= 0.6 is 0 Å². The molecule has 0 N–H and O–H groups in total. The van der Waals surface area contributed by atoms with Gasteiger partial charge in [0, 0.05) is 6.08 Å². The SMILES string of the molecule is C=CC(=O)OCCOC(=O)Oc1ccc(C(=O)Oc2ccc(-c3ccc(C(=O)OC4CC(C)CCC4C(C)C)cc3)cc2)cc1. The van der Waals surface area contributed by atoms with Crippen molar-refractivity contribution in [3.8, 4) is 22.6 Å². The molecule has 1 aliphatic carbocycles. The lowest BCUT2D eigenvalue weighted by Crippen LogP contribution is -2.35. The Morgan fingerprint density at radius 2 is 1.29 bits per heavy atom. The summed E-state index contributed by atoms with van der Waals surface area (Å²) in [6.45, 7) is 9.55. The van der Waals surface area contributed by atoms with Gasteiger partial charge in [0.1, 0.15) is 30.8 Å². The third-order valence-corrected chi connectivity index (χ3v) is 7.74. The second-order valence-corrected chi connectivity index (χ2v) is 11.4. The van der Waals surface area contributed by atoms with Crippen LogP contribution in [0.3, 0.4) is 0 Å². The van der Waals surface area contributed by atoms with Gasteiger partial charge in [-0.05, 0) is 90.3 Å². The van der Waals surface area contributed by atoms with Crippen LogP contribution in [0.1, 0.15) is 60.7 Å². The van der Waals surface area contributed by atoms with E-state index < -0.39 is 18.1 Å². The third kappa shape index (κ3) is 9.53. The van der Waals surface area contributed by atoms with Gasteiger partial charge in [-0.25, -0.2) is 19.2 Å². The van der Waals surface area contributed by atoms with Gasteiger partial charge in [0.2, 0.25) is 0 Å². The van der Waals surface area contributed by atoms with Crippen molar-refractivity contribution in [3.05, 3.63) is 96.6 Å². The topological polar surface area (TPSA) is 114 Å². The van der Waals surface area contributed by atoms with Gasteiger partial charge in [0.25, 0.3) is 0 Å². The molecule has 1 saturated carbocycles. The molecule has 0 bridgehead atoms. The highest BCUT2D eigenvalue weighted by molar-refractivity contribution is 5.91. The highest BCUT2D eigenvalue weighted by Crippen LogP contribution is 2.36. The van der Waals surface area contributed by atoms with E-state index in [2.05, 4.69) is 27.4 Å². The fraction of sp³-hybridized carbons (Fsp3) is 0.333. The Hall–Kier alpha value is -4.92. The van der Waals surface area contributed by atoms with Crippen molar-refractivity contribution in [1.29, 1.82) is 0 Å². The van der Waals surface area contributed by atoms with Crippen LogP contribution in [0.25, 0.3) is 11.1 Å². The van der Waals surface area contributed by atoms with Crippen molar-refractivity contribution in [2.75, 3.05) is 13.2 Å². The molecule has 9 heteroatoms. The number of ether oxygens (including phenoxy) is 5. The summed E-state index contributed by atoms with van der Waals surface area (Å²) in [5, 5.41) is 0. The number of esters is 3. The zero-order valence-electron chi connectivity index (χ0n) is 25.7. The third-order valence-electron chi connectivity index (χ3n) is 7.74. The standard InChI is InChI=1S/C36H38O9/c1-5-33(37)41-20-21-42-36(40)44-30-17-13-28(14-18-30)34(38)43-29-15-11-26(12-16-29)25-7-9-27(10-8-25)35(39)45-32-22-24(4)6-19-31(32)23(2)3/h5,7-18,23-24,31-32H,1,6,19-22H2,2-4H3. The van der Waals surface area contributed by atoms with E-state index >= 15 is 0 Å². The van der Waals surface area contributed by atoms with Crippen LogP contribution in [0.4, 0.5) is 4.79 Å². The van der Waals surface area contributed by atoms with E-state index in [4.69, 9.17) is 23.7 Å². The second-order valence-electron chi connectivity index (χ2n) is 11.4. The van der Waals surface area contributed by atoms with Gasteiger partial charge in [-0.1, -0.05) is 58.0 Å². The molecule has 0 radical (unpaired) electrons. The molecule has 0 spiro atoms. The maximum Gasteiger partial charge on any atom is 0.513 e. The van der Waals surface area contributed by atoms with Crippen LogP contribution in [-0.2, 0) is 19.0 Å². The van der Waals surface area contributed by atoms with Crippen LogP contribution in [-0.4, -0.2) is 43.4 Å². The van der Waals surface area contributed by atoms with Crippen LogP contribution in [0.15, 0.2) is 85.5 Å². The molecular weight excluding hydrogens is 576 g/mol. The number of hydrogen-bond donors (Lipinski definition) is 0. The Labute approximate surface area is 263 Å². The normalized spacial score (nSPS) is 17.6. The van der Waals surface area contributed by atoms with Crippen molar-refractivity contribution in [1.82, 2.24) is 0 Å². The molecule has 0 aliphatic heterocycles. The van der Waals surface area contributed by atoms with E-state index in [1.807, 2.05) is 24.3 Å². The number of hydrogen-bond acceptors (Lipinski definition) is 9. The monoisotopic (exact) mass is 614 g/mol. The summed E-state index contributed by atoms with van der Waals surface area (Å²) in [7, 11) is 0. The first-order valence-electron chi connectivity index (χ1n) is 15.0. The van der Waals surface area contributed by atoms with E-state index in [1.54, 1.807) is 24.3 Å². The fourth-order valence-electron chi connectivity index (χ4n) is 5.25. The first-order valence-corrected chi connectivity index (χ1v) is 15.0. The van der Waals surface area contributed by atoms with Crippen LogP contribution in [0, 0.1) is 17.8 Å². The van der Waals surface area contributed by atoms with Crippen LogP contribution in [0.2, 0.25) is 0 Å². The Morgan fingerprint density at radius 3 is 1.91 bits per heavy atom. The minimum atomic E-state index is -0.983. The van der Waals surface area contributed by atoms with E-state index in [-0.39, 0.29) is 36.6 Å². The average Bonchev–Trinajstić information content (AvgIpc) is 3.03. The van der Waals surface area contributed by atoms with Crippen LogP contribution < -0.4 is 9.47 Å². The molecule has 236 valence electrons. The molecule has 45 heavy (non-hydrogen) atoms. The Bertz CT molecular complexity index is 1470. The number of carbonyl (C=O) groups excluding carboxylic acids is 4. The maximum absolute atomic E-state index is 12.9. The van der Waals surface area contributed by atoms with Crippen LogP contribution in [0.5, 0.6) is 11.5 Å². The lowest BCUT2D eigenvalue weighted by molar-refractivity contribution is -0.138. The zero-order valence-corrected chi connectivity index (χ0v) is 25.7. The second kappa shape index (κ2) is 15.7. The lowest BCUT2D eigenvalue weighted by atomic mass is 9.75. The van der Waals surface area contributed by atoms with E-state index in [9.17, 15) is 19.2 Å². The first-order chi connectivity index (χ1) is 21.6. The molecule has 3 aromatic carbocycles. The molecule has 0 heterocycles. The molecule has 3 aromatic rings. The highest BCUT2D eigenvalue weighted by atomic mass is 16.7. The molecule has 0 aromatic heterocycles. The first kappa shape index (κ1) is 33.0. The number of carbonyl (C=O) groups is 4. The highest BCUT2D eigenvalue weighted by Gasteiger charge is 2.33. The zero-order chi connectivity index (χ0) is 32.3. The number of benzene rings is 3. The molecule has 3 atom stereocenters. The summed E-state index contributed by atoms with van der Waals surface area (Å²) in [5.74, 6) is 0.406. The van der Waals surface area contributed by atoms with E-state index in [0.717, 1.165) is 30.0 Å². The van der Waals surface area contributed by atoms with Crippen molar-refractivity contribution >= 4 is 24.1 Å². The molecule has 1 aliphatic rings. The Balaban J connectivity index is 1.27. The maximum atomic E-state index is 12.9. The molecule has 0 saturated heterocycles. The quantitative estimate of drug-likeness (QED) is 0.0543. The molecular formula is C36H38O9. The van der Waals surface area contributed by atoms with Gasteiger partial charge in [0.05, 0.1) is 11.1 Å². The van der Waals surface area contributed by atoms with Gasteiger partial charge in [0.15, 0.2) is 0 Å². The molecule has 4 rings (SSSR count). The van der Waals surface area contributed by atoms with Gasteiger partial charge < -0.3 is 23.7 Å². The predicted octanol–water partition coefficient (Wildman–Crippen LogP) is 7.44. The molecule has 1 fully saturated rings. The van der Waals surface area contributed by atoms with E-state index in [1.165, 1.54) is 30.7 Å². The summed E-state index contributed by atoms with van der Waals surface area (Å²) in [4.78, 5) is 48.3. The van der Waals surface area contributed by atoms with Crippen molar-refractivity contribution in [2.24, 2.45) is 17.8 Å². The van der Waals surface area contributed by atoms with Crippen molar-refractivity contribution in [2.45, 2.75) is 46.1 Å². The van der Waals surface area contributed by atoms with Crippen molar-refractivity contribution in [3.63, 3.8) is 0 Å². The minimum absolute atomic E-state index is 0.0560. The smallest absolute Gasteiger partial charge is 0.459 e. The Kier molecular flexibility index (Phi) is 11.5. The minimum Gasteiger partial charge on any atom is -0.459 e. The average molecular weight is 615 g/mol. The predicted molar refractivity (Wildman–Crippen MR) is 167 cm³/mol.